The van der Waals surface area contributed by atoms with Crippen LogP contribution in [0.2, 0.25) is 0 Å². The van der Waals surface area contributed by atoms with Crippen LogP contribution in [0, 0.1) is 6.92 Å². The number of benzene rings is 2. The van der Waals surface area contributed by atoms with E-state index in [-0.39, 0.29) is 11.7 Å². The fraction of sp³-hybridized carbons (Fsp3) is 0.0667. The molecule has 0 aliphatic carbocycles. The van der Waals surface area contributed by atoms with Crippen molar-refractivity contribution < 1.29 is 9.90 Å². The number of aromatic hydroxyl groups is 1. The normalized spacial score (nSPS) is 10.6. The Morgan fingerprint density at radius 2 is 1.84 bits per heavy atom. The molecule has 2 aromatic rings. The minimum atomic E-state index is -0.315. The number of amides is 1. The van der Waals surface area contributed by atoms with Crippen molar-refractivity contribution in [3.8, 4) is 5.75 Å². The van der Waals surface area contributed by atoms with E-state index in [0.717, 1.165) is 11.1 Å². The Morgan fingerprint density at radius 1 is 1.16 bits per heavy atom. The van der Waals surface area contributed by atoms with Gasteiger partial charge < -0.3 is 5.11 Å². The van der Waals surface area contributed by atoms with Gasteiger partial charge >= 0.3 is 0 Å². The predicted molar refractivity (Wildman–Crippen MR) is 74.3 cm³/mol. The van der Waals surface area contributed by atoms with Gasteiger partial charge in [0.1, 0.15) is 5.75 Å². The average molecular weight is 254 g/mol. The van der Waals surface area contributed by atoms with Crippen molar-refractivity contribution in [3.63, 3.8) is 0 Å². The molecule has 0 bridgehead atoms. The molecular weight excluding hydrogens is 240 g/mol. The maximum atomic E-state index is 11.7. The van der Waals surface area contributed by atoms with E-state index in [9.17, 15) is 4.79 Å². The smallest absolute Gasteiger partial charge is 0.271 e. The second kappa shape index (κ2) is 5.82. The number of nitrogens with one attached hydrogen (secondary N) is 1. The molecule has 0 heterocycles. The van der Waals surface area contributed by atoms with Gasteiger partial charge in [0, 0.05) is 5.56 Å². The summed E-state index contributed by atoms with van der Waals surface area (Å²) in [6.07, 6.45) is 1.60. The van der Waals surface area contributed by atoms with Gasteiger partial charge in [-0.25, -0.2) is 5.43 Å². The molecule has 1 amide bonds. The zero-order valence-corrected chi connectivity index (χ0v) is 10.5. The molecule has 4 heteroatoms. The number of phenolic OH excluding ortho intramolecular Hbond substituents is 1. The van der Waals surface area contributed by atoms with Crippen molar-refractivity contribution in [2.75, 3.05) is 0 Å². The van der Waals surface area contributed by atoms with Crippen molar-refractivity contribution in [2.45, 2.75) is 6.92 Å². The number of hydrogen-bond donors (Lipinski definition) is 2. The first kappa shape index (κ1) is 12.8. The molecule has 0 fully saturated rings. The third-order valence-electron chi connectivity index (χ3n) is 2.69. The molecule has 19 heavy (non-hydrogen) atoms. The molecule has 0 aromatic heterocycles. The highest BCUT2D eigenvalue weighted by Gasteiger charge is 2.03. The van der Waals surface area contributed by atoms with Gasteiger partial charge in [-0.3, -0.25) is 4.79 Å². The lowest BCUT2D eigenvalue weighted by molar-refractivity contribution is 0.0955. The first-order chi connectivity index (χ1) is 9.16. The van der Waals surface area contributed by atoms with Crippen LogP contribution in [-0.4, -0.2) is 17.2 Å². The fourth-order valence-electron chi connectivity index (χ4n) is 1.57. The van der Waals surface area contributed by atoms with Gasteiger partial charge in [-0.1, -0.05) is 24.3 Å². The lowest BCUT2D eigenvalue weighted by Crippen LogP contribution is -2.17. The Hall–Kier alpha value is -2.62. The second-order valence-electron chi connectivity index (χ2n) is 4.10. The zero-order valence-electron chi connectivity index (χ0n) is 10.5. The van der Waals surface area contributed by atoms with Crippen LogP contribution in [-0.2, 0) is 0 Å². The summed E-state index contributed by atoms with van der Waals surface area (Å²) in [4.78, 5) is 11.7. The number of hydrazone groups is 1. The molecule has 0 unspecified atom stereocenters. The molecule has 0 aliphatic heterocycles. The molecule has 0 atom stereocenters. The SMILES string of the molecule is Cc1ccccc1/C=N\NC(=O)c1ccc(O)cc1. The first-order valence-electron chi connectivity index (χ1n) is 5.85. The van der Waals surface area contributed by atoms with Crippen LogP contribution in [0.4, 0.5) is 0 Å². The average Bonchev–Trinajstić information content (AvgIpc) is 2.41. The third-order valence-corrected chi connectivity index (χ3v) is 2.69. The maximum absolute atomic E-state index is 11.7. The van der Waals surface area contributed by atoms with E-state index in [2.05, 4.69) is 10.5 Å². The van der Waals surface area contributed by atoms with Crippen molar-refractivity contribution in [1.29, 1.82) is 0 Å². The first-order valence-corrected chi connectivity index (χ1v) is 5.85. The van der Waals surface area contributed by atoms with Crippen molar-refractivity contribution >= 4 is 12.1 Å². The molecule has 96 valence electrons. The molecule has 0 saturated carbocycles. The Morgan fingerprint density at radius 3 is 2.53 bits per heavy atom. The highest BCUT2D eigenvalue weighted by Crippen LogP contribution is 2.09. The largest absolute Gasteiger partial charge is 0.508 e. The summed E-state index contributed by atoms with van der Waals surface area (Å²) in [7, 11) is 0. The Kier molecular flexibility index (Phi) is 3.93. The number of aryl methyl sites for hydroxylation is 1. The predicted octanol–water partition coefficient (Wildman–Crippen LogP) is 2.46. The van der Waals surface area contributed by atoms with Crippen LogP contribution >= 0.6 is 0 Å². The van der Waals surface area contributed by atoms with E-state index in [1.807, 2.05) is 31.2 Å². The molecular formula is C15H14N2O2. The monoisotopic (exact) mass is 254 g/mol. The van der Waals surface area contributed by atoms with Crippen molar-refractivity contribution in [1.82, 2.24) is 5.43 Å². The lowest BCUT2D eigenvalue weighted by Gasteiger charge is -2.01. The summed E-state index contributed by atoms with van der Waals surface area (Å²) in [5, 5.41) is 13.0. The van der Waals surface area contributed by atoms with Gasteiger partial charge in [0.25, 0.3) is 5.91 Å². The number of rotatable bonds is 3. The maximum Gasteiger partial charge on any atom is 0.271 e. The molecule has 0 saturated heterocycles. The minimum absolute atomic E-state index is 0.125. The van der Waals surface area contributed by atoms with Crippen LogP contribution in [0.3, 0.4) is 0 Å². The van der Waals surface area contributed by atoms with E-state index in [1.54, 1.807) is 6.21 Å². The standard InChI is InChI=1S/C15H14N2O2/c1-11-4-2-3-5-13(11)10-16-17-15(19)12-6-8-14(18)9-7-12/h2-10,18H,1H3,(H,17,19)/b16-10-. The van der Waals surface area contributed by atoms with Crippen molar-refractivity contribution in [3.05, 3.63) is 65.2 Å². The number of carbonyl (C=O) groups is 1. The van der Waals surface area contributed by atoms with Gasteiger partial charge in [-0.05, 0) is 42.3 Å². The zero-order chi connectivity index (χ0) is 13.7. The Labute approximate surface area is 111 Å². The van der Waals surface area contributed by atoms with Crippen LogP contribution in [0.5, 0.6) is 5.75 Å². The minimum Gasteiger partial charge on any atom is -0.508 e. The third kappa shape index (κ3) is 3.42. The van der Waals surface area contributed by atoms with Crippen molar-refractivity contribution in [2.24, 2.45) is 5.10 Å². The summed E-state index contributed by atoms with van der Waals surface area (Å²) >= 11 is 0. The molecule has 4 nitrogen and oxygen atoms in total. The molecule has 0 spiro atoms. The van der Waals surface area contributed by atoms with E-state index in [1.165, 1.54) is 24.3 Å². The number of carbonyl (C=O) groups excluding carboxylic acids is 1. The van der Waals surface area contributed by atoms with E-state index in [0.29, 0.717) is 5.56 Å². The molecule has 2 rings (SSSR count). The van der Waals surface area contributed by atoms with E-state index >= 15 is 0 Å². The molecule has 2 aromatic carbocycles. The highest BCUT2D eigenvalue weighted by molar-refractivity contribution is 5.95. The Balaban J connectivity index is 2.01. The summed E-state index contributed by atoms with van der Waals surface area (Å²) < 4.78 is 0. The van der Waals surface area contributed by atoms with Gasteiger partial charge in [0.05, 0.1) is 6.21 Å². The number of phenols is 1. The van der Waals surface area contributed by atoms with Crippen LogP contribution < -0.4 is 5.43 Å². The highest BCUT2D eigenvalue weighted by atomic mass is 16.3. The Bertz CT molecular complexity index is 604. The fourth-order valence-corrected chi connectivity index (χ4v) is 1.57. The number of hydrogen-bond acceptors (Lipinski definition) is 3. The van der Waals surface area contributed by atoms with Gasteiger partial charge in [0.2, 0.25) is 0 Å². The summed E-state index contributed by atoms with van der Waals surface area (Å²) in [5.74, 6) is -0.190. The summed E-state index contributed by atoms with van der Waals surface area (Å²) in [5.41, 5.74) is 4.93. The van der Waals surface area contributed by atoms with E-state index in [4.69, 9.17) is 5.11 Å². The number of nitrogens with zero attached hydrogens (tertiary/aromatic N) is 1. The topological polar surface area (TPSA) is 61.7 Å². The molecule has 0 radical (unpaired) electrons. The summed E-state index contributed by atoms with van der Waals surface area (Å²) in [6.45, 7) is 1.98. The lowest BCUT2D eigenvalue weighted by atomic mass is 10.1. The van der Waals surface area contributed by atoms with Gasteiger partial charge in [-0.15, -0.1) is 0 Å². The molecule has 0 aliphatic rings. The van der Waals surface area contributed by atoms with E-state index < -0.39 is 0 Å². The van der Waals surface area contributed by atoms with Crippen LogP contribution in [0.1, 0.15) is 21.5 Å². The van der Waals surface area contributed by atoms with Gasteiger partial charge in [0.15, 0.2) is 0 Å². The second-order valence-corrected chi connectivity index (χ2v) is 4.10. The molecule has 2 N–H and O–H groups in total. The quantitative estimate of drug-likeness (QED) is 0.653. The van der Waals surface area contributed by atoms with Gasteiger partial charge in [-0.2, -0.15) is 5.10 Å². The van der Waals surface area contributed by atoms with Crippen LogP contribution in [0.25, 0.3) is 0 Å². The summed E-state index contributed by atoms with van der Waals surface area (Å²) in [6, 6.07) is 13.7. The van der Waals surface area contributed by atoms with Crippen LogP contribution in [0.15, 0.2) is 53.6 Å².